The minimum atomic E-state index is -0.387. The largest absolute Gasteiger partial charge is 0.320 e. The molecule has 7 nitrogen and oxygen atoms in total. The van der Waals surface area contributed by atoms with Crippen LogP contribution in [0.25, 0.3) is 5.95 Å². The van der Waals surface area contributed by atoms with Gasteiger partial charge in [-0.15, -0.1) is 11.3 Å². The number of anilines is 1. The van der Waals surface area contributed by atoms with Crippen molar-refractivity contribution in [3.63, 3.8) is 0 Å². The fourth-order valence-electron chi connectivity index (χ4n) is 2.18. The van der Waals surface area contributed by atoms with Gasteiger partial charge in [-0.25, -0.2) is 9.97 Å². The van der Waals surface area contributed by atoms with Crippen molar-refractivity contribution in [2.24, 2.45) is 0 Å². The van der Waals surface area contributed by atoms with E-state index in [1.165, 1.54) is 17.4 Å². The summed E-state index contributed by atoms with van der Waals surface area (Å²) in [6.45, 7) is 5.59. The molecule has 118 valence electrons. The predicted molar refractivity (Wildman–Crippen MR) is 88.5 cm³/mol. The van der Waals surface area contributed by atoms with Crippen LogP contribution in [0.5, 0.6) is 0 Å². The molecular formula is C15H15N5O2S. The van der Waals surface area contributed by atoms with Crippen LogP contribution in [-0.4, -0.2) is 25.7 Å². The van der Waals surface area contributed by atoms with Gasteiger partial charge in [-0.3, -0.25) is 14.7 Å². The topological polar surface area (TPSA) is 92.7 Å². The van der Waals surface area contributed by atoms with Crippen molar-refractivity contribution >= 4 is 22.9 Å². The summed E-state index contributed by atoms with van der Waals surface area (Å²) in [6, 6.07) is 4.91. The molecular weight excluding hydrogens is 314 g/mol. The molecule has 2 N–H and O–H groups in total. The molecule has 8 heteroatoms. The van der Waals surface area contributed by atoms with Crippen LogP contribution in [0.3, 0.4) is 0 Å². The second-order valence-corrected chi connectivity index (χ2v) is 6.31. The second kappa shape index (κ2) is 5.81. The van der Waals surface area contributed by atoms with Gasteiger partial charge in [0, 0.05) is 27.7 Å². The molecule has 0 aliphatic heterocycles. The van der Waals surface area contributed by atoms with Gasteiger partial charge in [0.05, 0.1) is 5.69 Å². The molecule has 23 heavy (non-hydrogen) atoms. The van der Waals surface area contributed by atoms with Crippen molar-refractivity contribution < 1.29 is 4.79 Å². The molecule has 0 bridgehead atoms. The number of rotatable bonds is 3. The van der Waals surface area contributed by atoms with E-state index in [0.29, 0.717) is 5.69 Å². The average molecular weight is 329 g/mol. The van der Waals surface area contributed by atoms with E-state index in [-0.39, 0.29) is 23.1 Å². The number of aromatic amines is 1. The summed E-state index contributed by atoms with van der Waals surface area (Å²) in [5, 5.41) is 7.33. The van der Waals surface area contributed by atoms with E-state index in [2.05, 4.69) is 20.4 Å². The Morgan fingerprint density at radius 1 is 1.17 bits per heavy atom. The standard InChI is InChI=1S/C15H15N5O2S/c1-8-4-9(2)17-15(16-8)20-13(21)6-12(19-20)14(22)18-11-5-10(3)23-7-11/h4-7,19H,1-3H3,(H,18,22). The van der Waals surface area contributed by atoms with Crippen LogP contribution in [-0.2, 0) is 0 Å². The van der Waals surface area contributed by atoms with Gasteiger partial charge in [0.15, 0.2) is 0 Å². The Labute approximate surface area is 136 Å². The van der Waals surface area contributed by atoms with Gasteiger partial charge >= 0.3 is 0 Å². The second-order valence-electron chi connectivity index (χ2n) is 5.19. The summed E-state index contributed by atoms with van der Waals surface area (Å²) in [5.41, 5.74) is 1.96. The highest BCUT2D eigenvalue weighted by Gasteiger charge is 2.14. The molecule has 0 unspecified atom stereocenters. The Hall–Kier alpha value is -2.74. The van der Waals surface area contributed by atoms with Gasteiger partial charge in [-0.2, -0.15) is 4.68 Å². The monoisotopic (exact) mass is 329 g/mol. The third kappa shape index (κ3) is 3.21. The molecule has 1 amide bonds. The minimum Gasteiger partial charge on any atom is -0.320 e. The Balaban J connectivity index is 1.91. The molecule has 0 fully saturated rings. The smallest absolute Gasteiger partial charge is 0.274 e. The first-order chi connectivity index (χ1) is 10.9. The lowest BCUT2D eigenvalue weighted by molar-refractivity contribution is 0.102. The first-order valence-electron chi connectivity index (χ1n) is 6.93. The number of nitrogens with zero attached hydrogens (tertiary/aromatic N) is 3. The molecule has 0 saturated carbocycles. The maximum Gasteiger partial charge on any atom is 0.274 e. The maximum absolute atomic E-state index is 12.2. The third-order valence-corrected chi connectivity index (χ3v) is 3.99. The van der Waals surface area contributed by atoms with E-state index >= 15 is 0 Å². The van der Waals surface area contributed by atoms with Gasteiger partial charge in [-0.05, 0) is 32.9 Å². The molecule has 0 saturated heterocycles. The number of thiophene rings is 1. The van der Waals surface area contributed by atoms with Crippen LogP contribution in [0.2, 0.25) is 0 Å². The molecule has 0 spiro atoms. The minimum absolute atomic E-state index is 0.154. The van der Waals surface area contributed by atoms with Gasteiger partial charge in [0.25, 0.3) is 17.4 Å². The summed E-state index contributed by atoms with van der Waals surface area (Å²) in [7, 11) is 0. The lowest BCUT2D eigenvalue weighted by atomic mass is 10.3. The highest BCUT2D eigenvalue weighted by Crippen LogP contribution is 2.18. The lowest BCUT2D eigenvalue weighted by Gasteiger charge is -2.03. The van der Waals surface area contributed by atoms with Crippen molar-refractivity contribution in [2.45, 2.75) is 20.8 Å². The molecule has 3 aromatic heterocycles. The zero-order valence-corrected chi connectivity index (χ0v) is 13.7. The van der Waals surface area contributed by atoms with Crippen LogP contribution in [0.15, 0.2) is 28.4 Å². The number of aromatic nitrogens is 4. The van der Waals surface area contributed by atoms with Crippen molar-refractivity contribution in [3.05, 3.63) is 55.9 Å². The first-order valence-corrected chi connectivity index (χ1v) is 7.81. The highest BCUT2D eigenvalue weighted by molar-refractivity contribution is 7.10. The maximum atomic E-state index is 12.2. The number of nitrogens with one attached hydrogen (secondary N) is 2. The van der Waals surface area contributed by atoms with Crippen LogP contribution in [0, 0.1) is 20.8 Å². The number of aryl methyl sites for hydroxylation is 3. The van der Waals surface area contributed by atoms with Crippen LogP contribution < -0.4 is 10.9 Å². The lowest BCUT2D eigenvalue weighted by Crippen LogP contribution is -2.17. The Morgan fingerprint density at radius 3 is 2.48 bits per heavy atom. The summed E-state index contributed by atoms with van der Waals surface area (Å²) in [5.74, 6) is -0.166. The fourth-order valence-corrected chi connectivity index (χ4v) is 2.81. The van der Waals surface area contributed by atoms with Crippen LogP contribution in [0.1, 0.15) is 26.8 Å². The van der Waals surface area contributed by atoms with Crippen LogP contribution in [0.4, 0.5) is 5.69 Å². The van der Waals surface area contributed by atoms with E-state index in [0.717, 1.165) is 20.9 Å². The molecule has 3 rings (SSSR count). The zero-order valence-electron chi connectivity index (χ0n) is 12.9. The van der Waals surface area contributed by atoms with Crippen molar-refractivity contribution in [2.75, 3.05) is 5.32 Å². The molecule has 3 heterocycles. The molecule has 0 aliphatic carbocycles. The summed E-state index contributed by atoms with van der Waals surface area (Å²) < 4.78 is 1.16. The summed E-state index contributed by atoms with van der Waals surface area (Å²) >= 11 is 1.54. The van der Waals surface area contributed by atoms with E-state index < -0.39 is 0 Å². The predicted octanol–water partition coefficient (Wildman–Crippen LogP) is 2.19. The van der Waals surface area contributed by atoms with Crippen LogP contribution >= 0.6 is 11.3 Å². The fraction of sp³-hybridized carbons (Fsp3) is 0.200. The van der Waals surface area contributed by atoms with Gasteiger partial charge < -0.3 is 5.32 Å². The van der Waals surface area contributed by atoms with Gasteiger partial charge in [0.1, 0.15) is 5.69 Å². The number of hydrogen-bond acceptors (Lipinski definition) is 5. The molecule has 0 aliphatic rings. The zero-order chi connectivity index (χ0) is 16.6. The number of carbonyl (C=O) groups excluding carboxylic acids is 1. The average Bonchev–Trinajstić information content (AvgIpc) is 3.04. The number of hydrogen-bond donors (Lipinski definition) is 2. The molecule has 0 aromatic carbocycles. The third-order valence-electron chi connectivity index (χ3n) is 3.12. The first kappa shape index (κ1) is 15.2. The Bertz CT molecular complexity index is 917. The van der Waals surface area contributed by atoms with E-state index in [9.17, 15) is 9.59 Å². The SMILES string of the molecule is Cc1cc(C)nc(-n2[nH]c(C(=O)Nc3csc(C)c3)cc2=O)n1. The van der Waals surface area contributed by atoms with Crippen molar-refractivity contribution in [3.8, 4) is 5.95 Å². The quantitative estimate of drug-likeness (QED) is 0.770. The number of H-pyrrole nitrogens is 1. The Kier molecular flexibility index (Phi) is 3.83. The van der Waals surface area contributed by atoms with E-state index in [1.54, 1.807) is 0 Å². The molecule has 0 atom stereocenters. The van der Waals surface area contributed by atoms with Crippen molar-refractivity contribution in [1.29, 1.82) is 0 Å². The Morgan fingerprint density at radius 2 is 1.87 bits per heavy atom. The molecule has 0 radical (unpaired) electrons. The molecule has 3 aromatic rings. The van der Waals surface area contributed by atoms with E-state index in [4.69, 9.17) is 0 Å². The summed E-state index contributed by atoms with van der Waals surface area (Å²) in [4.78, 5) is 33.8. The number of carbonyl (C=O) groups is 1. The van der Waals surface area contributed by atoms with E-state index in [1.807, 2.05) is 38.3 Å². The van der Waals surface area contributed by atoms with Gasteiger partial charge in [-0.1, -0.05) is 0 Å². The normalized spacial score (nSPS) is 10.7. The van der Waals surface area contributed by atoms with Gasteiger partial charge in [0.2, 0.25) is 0 Å². The summed E-state index contributed by atoms with van der Waals surface area (Å²) in [6.07, 6.45) is 0. The van der Waals surface area contributed by atoms with Crippen molar-refractivity contribution in [1.82, 2.24) is 19.7 Å². The highest BCUT2D eigenvalue weighted by atomic mass is 32.1. The number of amides is 1.